The molecule has 0 bridgehead atoms. The molecule has 0 atom stereocenters. The van der Waals surface area contributed by atoms with Gasteiger partial charge in [0.2, 0.25) is 0 Å². The minimum Gasteiger partial charge on any atom is -0.456 e. The molecule has 0 amide bonds. The average Bonchev–Trinajstić information content (AvgIpc) is 3.41. The van der Waals surface area contributed by atoms with E-state index in [1.54, 1.807) is 0 Å². The summed E-state index contributed by atoms with van der Waals surface area (Å²) >= 11 is 0. The highest BCUT2D eigenvalue weighted by Gasteiger charge is 2.22. The van der Waals surface area contributed by atoms with Crippen molar-refractivity contribution in [2.75, 3.05) is 0 Å². The van der Waals surface area contributed by atoms with Crippen molar-refractivity contribution in [1.82, 2.24) is 0 Å². The van der Waals surface area contributed by atoms with Crippen LogP contribution in [-0.2, 0) is 0 Å². The zero-order valence-corrected chi connectivity index (χ0v) is 21.5. The van der Waals surface area contributed by atoms with E-state index in [0.29, 0.717) is 0 Å². The molecule has 8 aromatic rings. The minimum atomic E-state index is 0.891. The van der Waals surface area contributed by atoms with Crippen LogP contribution in [0.2, 0.25) is 0 Å². The largest absolute Gasteiger partial charge is 0.456 e. The number of benzene rings is 7. The van der Waals surface area contributed by atoms with Gasteiger partial charge in [-0.25, -0.2) is 0 Å². The summed E-state index contributed by atoms with van der Waals surface area (Å²) in [5, 5.41) is 6.97. The van der Waals surface area contributed by atoms with E-state index in [1.807, 2.05) is 0 Å². The van der Waals surface area contributed by atoms with E-state index >= 15 is 0 Å². The molecular weight excluding hydrogens is 488 g/mol. The Kier molecular flexibility index (Phi) is 4.36. The number of hydrogen-bond donors (Lipinski definition) is 0. The minimum absolute atomic E-state index is 0.891. The van der Waals surface area contributed by atoms with E-state index in [-0.39, 0.29) is 0 Å². The fraction of sp³-hybridized carbons (Fsp3) is 0. The number of fused-ring (bicyclic) bond motifs is 7. The van der Waals surface area contributed by atoms with Gasteiger partial charge in [-0.2, -0.15) is 0 Å². The van der Waals surface area contributed by atoms with Crippen LogP contribution in [0.1, 0.15) is 0 Å². The van der Waals surface area contributed by atoms with Crippen LogP contribution in [0, 0.1) is 0 Å². The van der Waals surface area contributed by atoms with Gasteiger partial charge in [0, 0.05) is 27.1 Å². The van der Waals surface area contributed by atoms with Gasteiger partial charge in [-0.1, -0.05) is 103 Å². The summed E-state index contributed by atoms with van der Waals surface area (Å²) in [5.74, 6) is 1.81. The summed E-state index contributed by atoms with van der Waals surface area (Å²) in [6.45, 7) is 0. The van der Waals surface area contributed by atoms with Crippen LogP contribution in [-0.4, -0.2) is 0 Å². The van der Waals surface area contributed by atoms with Gasteiger partial charge in [0.25, 0.3) is 0 Å². The molecule has 0 saturated carbocycles. The Hall–Kier alpha value is -5.34. The van der Waals surface area contributed by atoms with Crippen molar-refractivity contribution in [2.24, 2.45) is 0 Å². The Morgan fingerprint density at radius 2 is 1.12 bits per heavy atom. The molecule has 1 aliphatic rings. The SMILES string of the molecule is c1ccc(-c2cccc3oc4c5ccccc5ccc4c23)c(-c2ccc3c(c2)-c2cccc4cccc(c24)O3)c1. The lowest BCUT2D eigenvalue weighted by molar-refractivity contribution is 0.487. The quantitative estimate of drug-likeness (QED) is 0.231. The van der Waals surface area contributed by atoms with Gasteiger partial charge in [0.05, 0.1) is 0 Å². The van der Waals surface area contributed by atoms with Crippen LogP contribution in [0.4, 0.5) is 0 Å². The molecule has 2 heterocycles. The lowest BCUT2D eigenvalue weighted by Gasteiger charge is -2.22. The second kappa shape index (κ2) is 8.08. The molecule has 0 spiro atoms. The van der Waals surface area contributed by atoms with Crippen molar-refractivity contribution in [3.8, 4) is 44.9 Å². The lowest BCUT2D eigenvalue weighted by Crippen LogP contribution is -1.97. The predicted octanol–water partition coefficient (Wildman–Crippen LogP) is 11.0. The van der Waals surface area contributed by atoms with Crippen LogP contribution in [0.25, 0.3) is 76.9 Å². The molecule has 0 N–H and O–H groups in total. The number of rotatable bonds is 2. The predicted molar refractivity (Wildman–Crippen MR) is 165 cm³/mol. The van der Waals surface area contributed by atoms with Gasteiger partial charge in [0.1, 0.15) is 22.7 Å². The second-order valence-corrected chi connectivity index (χ2v) is 10.5. The third-order valence-electron chi connectivity index (χ3n) is 8.27. The molecule has 1 aliphatic heterocycles. The van der Waals surface area contributed by atoms with E-state index in [2.05, 4.69) is 133 Å². The first-order chi connectivity index (χ1) is 19.8. The highest BCUT2D eigenvalue weighted by atomic mass is 16.5. The molecule has 0 radical (unpaired) electrons. The van der Waals surface area contributed by atoms with Gasteiger partial charge < -0.3 is 9.15 Å². The van der Waals surface area contributed by atoms with Crippen LogP contribution in [0.3, 0.4) is 0 Å². The summed E-state index contributed by atoms with van der Waals surface area (Å²) < 4.78 is 12.9. The van der Waals surface area contributed by atoms with Crippen LogP contribution in [0.15, 0.2) is 138 Å². The average molecular weight is 511 g/mol. The van der Waals surface area contributed by atoms with E-state index in [4.69, 9.17) is 9.15 Å². The van der Waals surface area contributed by atoms with Gasteiger partial charge in [-0.15, -0.1) is 0 Å². The van der Waals surface area contributed by atoms with Crippen molar-refractivity contribution >= 4 is 43.5 Å². The Balaban J connectivity index is 1.28. The van der Waals surface area contributed by atoms with Crippen LogP contribution < -0.4 is 4.74 Å². The van der Waals surface area contributed by atoms with Crippen molar-refractivity contribution in [3.05, 3.63) is 133 Å². The van der Waals surface area contributed by atoms with E-state index in [1.165, 1.54) is 38.4 Å². The highest BCUT2D eigenvalue weighted by molar-refractivity contribution is 6.19. The summed E-state index contributed by atoms with van der Waals surface area (Å²) in [6, 6.07) is 47.2. The fourth-order valence-corrected chi connectivity index (χ4v) is 6.48. The maximum absolute atomic E-state index is 6.50. The molecule has 9 rings (SSSR count). The third-order valence-corrected chi connectivity index (χ3v) is 8.27. The second-order valence-electron chi connectivity index (χ2n) is 10.5. The van der Waals surface area contributed by atoms with Crippen molar-refractivity contribution in [2.45, 2.75) is 0 Å². The van der Waals surface area contributed by atoms with E-state index < -0.39 is 0 Å². The first-order valence-corrected chi connectivity index (χ1v) is 13.6. The normalized spacial score (nSPS) is 12.2. The van der Waals surface area contributed by atoms with Gasteiger partial charge >= 0.3 is 0 Å². The molecule has 1 aromatic heterocycles. The van der Waals surface area contributed by atoms with Crippen LogP contribution in [0.5, 0.6) is 11.5 Å². The lowest BCUT2D eigenvalue weighted by atomic mass is 9.89. The molecule has 0 saturated heterocycles. The summed E-state index contributed by atoms with van der Waals surface area (Å²) in [6.07, 6.45) is 0. The standard InChI is InChI=1S/C38H22O2/c1-2-12-27-23(8-1)18-20-31-37-29(15-7-17-35(37)40-38(27)31)28-13-4-3-11-26(28)25-19-21-33-32(22-25)30-14-5-9-24-10-6-16-34(39-33)36(24)30/h1-22H. The van der Waals surface area contributed by atoms with Crippen LogP contribution >= 0.6 is 0 Å². The molecule has 2 heteroatoms. The Labute approximate surface area is 230 Å². The topological polar surface area (TPSA) is 22.4 Å². The number of hydrogen-bond acceptors (Lipinski definition) is 2. The summed E-state index contributed by atoms with van der Waals surface area (Å²) in [7, 11) is 0. The monoisotopic (exact) mass is 510 g/mol. The van der Waals surface area contributed by atoms with Crippen molar-refractivity contribution in [1.29, 1.82) is 0 Å². The smallest absolute Gasteiger partial charge is 0.143 e. The van der Waals surface area contributed by atoms with E-state index in [0.717, 1.165) is 50.0 Å². The Bertz CT molecular complexity index is 2300. The first-order valence-electron chi connectivity index (χ1n) is 13.6. The molecular formula is C38H22O2. The zero-order valence-electron chi connectivity index (χ0n) is 21.5. The Morgan fingerprint density at radius 1 is 0.400 bits per heavy atom. The molecule has 7 aromatic carbocycles. The van der Waals surface area contributed by atoms with E-state index in [9.17, 15) is 0 Å². The molecule has 186 valence electrons. The third kappa shape index (κ3) is 2.99. The van der Waals surface area contributed by atoms with Gasteiger partial charge in [0.15, 0.2) is 0 Å². The summed E-state index contributed by atoms with van der Waals surface area (Å²) in [5.41, 5.74) is 8.86. The number of furan rings is 1. The van der Waals surface area contributed by atoms with Gasteiger partial charge in [-0.3, -0.25) is 0 Å². The maximum atomic E-state index is 6.50. The maximum Gasteiger partial charge on any atom is 0.143 e. The molecule has 0 fully saturated rings. The highest BCUT2D eigenvalue weighted by Crippen LogP contribution is 2.48. The number of ether oxygens (including phenoxy) is 1. The van der Waals surface area contributed by atoms with Crippen molar-refractivity contribution < 1.29 is 9.15 Å². The summed E-state index contributed by atoms with van der Waals surface area (Å²) in [4.78, 5) is 0. The van der Waals surface area contributed by atoms with Crippen molar-refractivity contribution in [3.63, 3.8) is 0 Å². The Morgan fingerprint density at radius 3 is 2.05 bits per heavy atom. The molecule has 0 unspecified atom stereocenters. The fourth-order valence-electron chi connectivity index (χ4n) is 6.48. The molecule has 0 aliphatic carbocycles. The van der Waals surface area contributed by atoms with Gasteiger partial charge in [-0.05, 0) is 68.9 Å². The molecule has 2 nitrogen and oxygen atoms in total. The first kappa shape index (κ1) is 21.6. The zero-order chi connectivity index (χ0) is 26.2. The molecule has 40 heavy (non-hydrogen) atoms.